The fourth-order valence-electron chi connectivity index (χ4n) is 3.49. The van der Waals surface area contributed by atoms with Crippen molar-refractivity contribution < 1.29 is 14.6 Å². The van der Waals surface area contributed by atoms with Gasteiger partial charge in [0.15, 0.2) is 5.60 Å². The van der Waals surface area contributed by atoms with E-state index >= 15 is 0 Å². The zero-order chi connectivity index (χ0) is 19.7. The number of hydrogen-bond acceptors (Lipinski definition) is 3. The number of amides is 1. The molecule has 0 spiro atoms. The lowest BCUT2D eigenvalue weighted by Gasteiger charge is -2.31. The highest BCUT2D eigenvalue weighted by atomic mass is 79.9. The molecule has 2 atom stereocenters. The maximum Gasteiger partial charge on any atom is 0.411 e. The monoisotopic (exact) mass is 431 g/mol. The van der Waals surface area contributed by atoms with Crippen LogP contribution in [0.1, 0.15) is 50.8 Å². The maximum atomic E-state index is 12.8. The predicted molar refractivity (Wildman–Crippen MR) is 109 cm³/mol. The number of hydrogen-bond donors (Lipinski definition) is 1. The van der Waals surface area contributed by atoms with Gasteiger partial charge in [0.1, 0.15) is 0 Å². The van der Waals surface area contributed by atoms with Gasteiger partial charge in [0.25, 0.3) is 0 Å². The Morgan fingerprint density at radius 1 is 1.19 bits per heavy atom. The van der Waals surface area contributed by atoms with Crippen LogP contribution in [0, 0.1) is 0 Å². The van der Waals surface area contributed by atoms with Crippen LogP contribution in [-0.2, 0) is 10.3 Å². The lowest BCUT2D eigenvalue weighted by molar-refractivity contribution is 0.00728. The Balaban J connectivity index is 1.89. The summed E-state index contributed by atoms with van der Waals surface area (Å²) in [7, 11) is 0. The first-order valence-corrected chi connectivity index (χ1v) is 10.0. The normalized spacial score (nSPS) is 21.2. The number of benzene rings is 2. The minimum Gasteiger partial charge on any atom is -0.436 e. The summed E-state index contributed by atoms with van der Waals surface area (Å²) < 4.78 is 6.98. The number of aliphatic hydroxyl groups is 1. The zero-order valence-electron chi connectivity index (χ0n) is 16.0. The van der Waals surface area contributed by atoms with E-state index in [2.05, 4.69) is 15.9 Å². The van der Waals surface area contributed by atoms with Crippen molar-refractivity contribution in [1.82, 2.24) is 4.90 Å². The molecule has 0 aliphatic carbocycles. The van der Waals surface area contributed by atoms with Crippen molar-refractivity contribution in [3.63, 3.8) is 0 Å². The van der Waals surface area contributed by atoms with Crippen molar-refractivity contribution in [3.05, 3.63) is 70.2 Å². The third kappa shape index (κ3) is 4.53. The molecule has 1 saturated heterocycles. The number of halogens is 1. The quantitative estimate of drug-likeness (QED) is 0.664. The Labute approximate surface area is 169 Å². The summed E-state index contributed by atoms with van der Waals surface area (Å²) in [5.74, 6) is 0. The molecule has 0 saturated carbocycles. The lowest BCUT2D eigenvalue weighted by Crippen LogP contribution is -2.35. The summed E-state index contributed by atoms with van der Waals surface area (Å²) in [5, 5.41) is 10.2. The van der Waals surface area contributed by atoms with Crippen LogP contribution in [0.4, 0.5) is 4.79 Å². The topological polar surface area (TPSA) is 49.8 Å². The molecule has 0 bridgehead atoms. The van der Waals surface area contributed by atoms with Crippen LogP contribution in [0.2, 0.25) is 0 Å². The van der Waals surface area contributed by atoms with Gasteiger partial charge < -0.3 is 9.84 Å². The molecule has 144 valence electrons. The van der Waals surface area contributed by atoms with Crippen molar-refractivity contribution in [2.75, 3.05) is 6.54 Å². The average molecular weight is 432 g/mol. The van der Waals surface area contributed by atoms with Crippen LogP contribution in [0.15, 0.2) is 59.1 Å². The Morgan fingerprint density at radius 3 is 2.41 bits per heavy atom. The summed E-state index contributed by atoms with van der Waals surface area (Å²) in [4.78, 5) is 14.6. The smallest absolute Gasteiger partial charge is 0.411 e. The molecule has 1 fully saturated rings. The summed E-state index contributed by atoms with van der Waals surface area (Å²) >= 11 is 3.45. The molecule has 27 heavy (non-hydrogen) atoms. The van der Waals surface area contributed by atoms with E-state index in [0.717, 1.165) is 15.6 Å². The van der Waals surface area contributed by atoms with Gasteiger partial charge in [-0.2, -0.15) is 0 Å². The molecule has 2 aromatic carbocycles. The van der Waals surface area contributed by atoms with Crippen molar-refractivity contribution in [1.29, 1.82) is 0 Å². The van der Waals surface area contributed by atoms with Gasteiger partial charge in [-0.3, -0.25) is 4.90 Å². The van der Waals surface area contributed by atoms with Crippen LogP contribution in [0.3, 0.4) is 0 Å². The molecule has 1 N–H and O–H groups in total. The highest BCUT2D eigenvalue weighted by molar-refractivity contribution is 9.10. The van der Waals surface area contributed by atoms with E-state index in [-0.39, 0.29) is 12.1 Å². The van der Waals surface area contributed by atoms with E-state index in [9.17, 15) is 9.90 Å². The highest BCUT2D eigenvalue weighted by Crippen LogP contribution is 2.41. The molecular weight excluding hydrogens is 406 g/mol. The van der Waals surface area contributed by atoms with Crippen LogP contribution in [0.5, 0.6) is 0 Å². The van der Waals surface area contributed by atoms with E-state index < -0.39 is 11.2 Å². The van der Waals surface area contributed by atoms with Gasteiger partial charge in [-0.1, -0.05) is 58.4 Å². The molecular formula is C22H26BrNO3. The van der Waals surface area contributed by atoms with Crippen LogP contribution in [0.25, 0.3) is 0 Å². The third-order valence-electron chi connectivity index (χ3n) is 5.20. The fraction of sp³-hybridized carbons (Fsp3) is 0.409. The zero-order valence-corrected chi connectivity index (χ0v) is 17.6. The second kappa shape index (κ2) is 7.64. The van der Waals surface area contributed by atoms with Crippen LogP contribution < -0.4 is 0 Å². The number of ether oxygens (including phenoxy) is 1. The summed E-state index contributed by atoms with van der Waals surface area (Å²) in [6, 6.07) is 17.7. The van der Waals surface area contributed by atoms with E-state index in [1.807, 2.05) is 61.5 Å². The minimum absolute atomic E-state index is 0.0988. The first kappa shape index (κ1) is 19.9. The standard InChI is InChI=1S/C22H26BrNO3/c1-16(17-9-11-19(23)12-10-17)24-15-22(27-20(24)25,14-13-21(2,3)26)18-7-5-4-6-8-18/h4-12,16,26H,13-15H2,1-3H3. The molecule has 1 aliphatic heterocycles. The summed E-state index contributed by atoms with van der Waals surface area (Å²) in [6.07, 6.45) is 0.788. The molecule has 0 radical (unpaired) electrons. The average Bonchev–Trinajstić information content (AvgIpc) is 2.98. The molecule has 1 amide bonds. The molecule has 1 aliphatic rings. The summed E-state index contributed by atoms with van der Waals surface area (Å²) in [5.41, 5.74) is 0.454. The van der Waals surface area contributed by atoms with Crippen molar-refractivity contribution in [2.24, 2.45) is 0 Å². The molecule has 2 aromatic rings. The van der Waals surface area contributed by atoms with Crippen molar-refractivity contribution in [3.8, 4) is 0 Å². The first-order chi connectivity index (χ1) is 12.7. The largest absolute Gasteiger partial charge is 0.436 e. The minimum atomic E-state index is -0.821. The first-order valence-electron chi connectivity index (χ1n) is 9.23. The van der Waals surface area contributed by atoms with E-state index in [0.29, 0.717) is 19.4 Å². The number of carbonyl (C=O) groups excluding carboxylic acids is 1. The van der Waals surface area contributed by atoms with Gasteiger partial charge in [0.05, 0.1) is 18.2 Å². The van der Waals surface area contributed by atoms with Gasteiger partial charge in [0, 0.05) is 4.47 Å². The molecule has 0 aromatic heterocycles. The highest BCUT2D eigenvalue weighted by Gasteiger charge is 2.48. The van der Waals surface area contributed by atoms with Gasteiger partial charge in [-0.15, -0.1) is 0 Å². The molecule has 1 heterocycles. The summed E-state index contributed by atoms with van der Waals surface area (Å²) in [6.45, 7) is 6.04. The Bertz CT molecular complexity index is 785. The van der Waals surface area contributed by atoms with E-state index in [4.69, 9.17) is 4.74 Å². The molecule has 2 unspecified atom stereocenters. The van der Waals surface area contributed by atoms with E-state index in [1.54, 1.807) is 18.7 Å². The van der Waals surface area contributed by atoms with Crippen LogP contribution >= 0.6 is 15.9 Å². The Hall–Kier alpha value is -1.85. The SMILES string of the molecule is CC(c1ccc(Br)cc1)N1CC(CCC(C)(C)O)(c2ccccc2)OC1=O. The number of nitrogens with zero attached hydrogens (tertiary/aromatic N) is 1. The van der Waals surface area contributed by atoms with Crippen molar-refractivity contribution in [2.45, 2.75) is 50.9 Å². The number of cyclic esters (lactones) is 1. The fourth-order valence-corrected chi connectivity index (χ4v) is 3.75. The van der Waals surface area contributed by atoms with Gasteiger partial charge >= 0.3 is 6.09 Å². The van der Waals surface area contributed by atoms with Crippen molar-refractivity contribution >= 4 is 22.0 Å². The maximum absolute atomic E-state index is 12.8. The molecule has 4 nitrogen and oxygen atoms in total. The van der Waals surface area contributed by atoms with Gasteiger partial charge in [0.2, 0.25) is 0 Å². The number of carbonyl (C=O) groups is 1. The van der Waals surface area contributed by atoms with Crippen LogP contribution in [-0.4, -0.2) is 28.2 Å². The predicted octanol–water partition coefficient (Wildman–Crippen LogP) is 5.41. The second-order valence-electron chi connectivity index (χ2n) is 7.90. The molecule has 5 heteroatoms. The van der Waals surface area contributed by atoms with Gasteiger partial charge in [-0.25, -0.2) is 4.79 Å². The van der Waals surface area contributed by atoms with Gasteiger partial charge in [-0.05, 0) is 56.9 Å². The third-order valence-corrected chi connectivity index (χ3v) is 5.73. The Kier molecular flexibility index (Phi) is 5.63. The Morgan fingerprint density at radius 2 is 1.81 bits per heavy atom. The number of rotatable bonds is 6. The molecule has 3 rings (SSSR count). The second-order valence-corrected chi connectivity index (χ2v) is 8.81. The van der Waals surface area contributed by atoms with E-state index in [1.165, 1.54) is 0 Å². The lowest BCUT2D eigenvalue weighted by atomic mass is 9.85.